The molecule has 2 N–H and O–H groups in total. The average molecular weight is 320 g/mol. The molecule has 5 heteroatoms. The summed E-state index contributed by atoms with van der Waals surface area (Å²) >= 11 is 0. The Kier molecular flexibility index (Phi) is 15.5. The van der Waals surface area contributed by atoms with Gasteiger partial charge in [-0.3, -0.25) is 0 Å². The molecule has 0 amide bonds. The number of aliphatic hydroxyl groups is 2. The van der Waals surface area contributed by atoms with E-state index in [-0.39, 0.29) is 13.2 Å². The van der Waals surface area contributed by atoms with Gasteiger partial charge in [0.05, 0.1) is 13.2 Å². The monoisotopic (exact) mass is 320 g/mol. The highest BCUT2D eigenvalue weighted by Crippen LogP contribution is 2.12. The minimum atomic E-state index is -0.785. The van der Waals surface area contributed by atoms with Gasteiger partial charge in [-0.05, 0) is 19.3 Å². The fourth-order valence-corrected chi connectivity index (χ4v) is 2.01. The van der Waals surface area contributed by atoms with Crippen LogP contribution in [-0.2, 0) is 14.2 Å². The van der Waals surface area contributed by atoms with E-state index in [1.54, 1.807) is 0 Å². The molecule has 5 nitrogen and oxygen atoms in total. The summed E-state index contributed by atoms with van der Waals surface area (Å²) in [5.41, 5.74) is 0. The fraction of sp³-hybridized carbons (Fsp3) is 1.00. The van der Waals surface area contributed by atoms with E-state index in [4.69, 9.17) is 14.2 Å². The van der Waals surface area contributed by atoms with Crippen molar-refractivity contribution in [1.29, 1.82) is 0 Å². The molecule has 0 spiro atoms. The molecule has 0 bridgehead atoms. The summed E-state index contributed by atoms with van der Waals surface area (Å²) in [6, 6.07) is 0. The van der Waals surface area contributed by atoms with Gasteiger partial charge in [0, 0.05) is 19.8 Å². The van der Waals surface area contributed by atoms with E-state index in [9.17, 15) is 10.2 Å². The minimum Gasteiger partial charge on any atom is -0.394 e. The van der Waals surface area contributed by atoms with Gasteiger partial charge in [-0.25, -0.2) is 0 Å². The molecule has 0 aromatic heterocycles. The van der Waals surface area contributed by atoms with Crippen LogP contribution in [0.4, 0.5) is 0 Å². The third kappa shape index (κ3) is 10.5. The lowest BCUT2D eigenvalue weighted by molar-refractivity contribution is -0.149. The lowest BCUT2D eigenvalue weighted by atomic mass is 10.1. The van der Waals surface area contributed by atoms with Crippen LogP contribution in [0.1, 0.15) is 59.3 Å². The van der Waals surface area contributed by atoms with Gasteiger partial charge in [0.15, 0.2) is 0 Å². The molecule has 22 heavy (non-hydrogen) atoms. The predicted octanol–water partition coefficient (Wildman–Crippen LogP) is 2.53. The van der Waals surface area contributed by atoms with E-state index < -0.39 is 18.3 Å². The second-order valence-corrected chi connectivity index (χ2v) is 5.63. The molecule has 0 aliphatic carbocycles. The maximum Gasteiger partial charge on any atom is 0.114 e. The average Bonchev–Trinajstić information content (AvgIpc) is 2.53. The van der Waals surface area contributed by atoms with Crippen molar-refractivity contribution in [2.45, 2.75) is 77.6 Å². The Morgan fingerprint density at radius 1 is 0.818 bits per heavy atom. The van der Waals surface area contributed by atoms with Crippen LogP contribution in [0.3, 0.4) is 0 Å². The zero-order chi connectivity index (χ0) is 16.6. The second-order valence-electron chi connectivity index (χ2n) is 5.63. The van der Waals surface area contributed by atoms with Crippen LogP contribution in [-0.4, -0.2) is 61.6 Å². The highest BCUT2D eigenvalue weighted by Gasteiger charge is 2.29. The highest BCUT2D eigenvalue weighted by molar-refractivity contribution is 4.78. The minimum absolute atomic E-state index is 0.160. The first-order chi connectivity index (χ1) is 10.7. The van der Waals surface area contributed by atoms with Crippen molar-refractivity contribution in [2.24, 2.45) is 0 Å². The van der Waals surface area contributed by atoms with Crippen LogP contribution in [0, 0.1) is 0 Å². The number of unbranched alkanes of at least 4 members (excludes halogenated alkanes) is 3. The number of ether oxygens (including phenoxy) is 3. The van der Waals surface area contributed by atoms with E-state index >= 15 is 0 Å². The molecule has 3 atom stereocenters. The van der Waals surface area contributed by atoms with Crippen LogP contribution < -0.4 is 0 Å². The molecule has 0 aromatic carbocycles. The Bertz CT molecular complexity index is 225. The molecule has 0 unspecified atom stereocenters. The van der Waals surface area contributed by atoms with Crippen molar-refractivity contribution < 1.29 is 24.4 Å². The first-order valence-electron chi connectivity index (χ1n) is 8.81. The van der Waals surface area contributed by atoms with E-state index in [1.807, 2.05) is 0 Å². The SMILES string of the molecule is CCCCOC[C@@H](O)[C@@H](OCCCC)[C@H](CO)OCCCC. The molecule has 0 rings (SSSR count). The van der Waals surface area contributed by atoms with Gasteiger partial charge >= 0.3 is 0 Å². The van der Waals surface area contributed by atoms with Crippen molar-refractivity contribution >= 4 is 0 Å². The van der Waals surface area contributed by atoms with Gasteiger partial charge in [-0.2, -0.15) is 0 Å². The van der Waals surface area contributed by atoms with Gasteiger partial charge < -0.3 is 24.4 Å². The molecule has 0 aliphatic rings. The van der Waals surface area contributed by atoms with Gasteiger partial charge in [0.2, 0.25) is 0 Å². The van der Waals surface area contributed by atoms with Gasteiger partial charge in [0.25, 0.3) is 0 Å². The van der Waals surface area contributed by atoms with Crippen molar-refractivity contribution in [3.05, 3.63) is 0 Å². The fourth-order valence-electron chi connectivity index (χ4n) is 2.01. The summed E-state index contributed by atoms with van der Waals surface area (Å²) in [5.74, 6) is 0. The van der Waals surface area contributed by atoms with E-state index in [1.165, 1.54) is 0 Å². The Morgan fingerprint density at radius 2 is 1.36 bits per heavy atom. The summed E-state index contributed by atoms with van der Waals surface area (Å²) in [5, 5.41) is 19.9. The molecule has 0 saturated carbocycles. The Morgan fingerprint density at radius 3 is 1.91 bits per heavy atom. The summed E-state index contributed by atoms with van der Waals surface area (Å²) in [6.07, 6.45) is 4.11. The molecular weight excluding hydrogens is 284 g/mol. The van der Waals surface area contributed by atoms with E-state index in [0.29, 0.717) is 19.8 Å². The third-order valence-corrected chi connectivity index (χ3v) is 3.49. The molecule has 0 aliphatic heterocycles. The lowest BCUT2D eigenvalue weighted by Gasteiger charge is -2.30. The molecule has 0 heterocycles. The predicted molar refractivity (Wildman–Crippen MR) is 88.1 cm³/mol. The summed E-state index contributed by atoms with van der Waals surface area (Å²) in [4.78, 5) is 0. The van der Waals surface area contributed by atoms with Crippen molar-refractivity contribution in [2.75, 3.05) is 33.0 Å². The molecular formula is C17H36O5. The third-order valence-electron chi connectivity index (χ3n) is 3.49. The molecule has 134 valence electrons. The maximum atomic E-state index is 10.3. The zero-order valence-corrected chi connectivity index (χ0v) is 14.6. The summed E-state index contributed by atoms with van der Waals surface area (Å²) in [6.45, 7) is 8.08. The van der Waals surface area contributed by atoms with Crippen LogP contribution in [0.5, 0.6) is 0 Å². The topological polar surface area (TPSA) is 68.2 Å². The second kappa shape index (κ2) is 15.7. The normalized spacial score (nSPS) is 15.7. The summed E-state index contributed by atoms with van der Waals surface area (Å²) < 4.78 is 16.9. The van der Waals surface area contributed by atoms with E-state index in [2.05, 4.69) is 20.8 Å². The van der Waals surface area contributed by atoms with E-state index in [0.717, 1.165) is 38.5 Å². The first-order valence-corrected chi connectivity index (χ1v) is 8.81. The number of hydrogen-bond acceptors (Lipinski definition) is 5. The van der Waals surface area contributed by atoms with Crippen LogP contribution in [0.25, 0.3) is 0 Å². The lowest BCUT2D eigenvalue weighted by Crippen LogP contribution is -2.45. The van der Waals surface area contributed by atoms with Crippen molar-refractivity contribution in [3.63, 3.8) is 0 Å². The highest BCUT2D eigenvalue weighted by atomic mass is 16.6. The van der Waals surface area contributed by atoms with Gasteiger partial charge in [-0.1, -0.05) is 40.0 Å². The largest absolute Gasteiger partial charge is 0.394 e. The molecule has 0 radical (unpaired) electrons. The standard InChI is InChI=1S/C17H36O5/c1-4-7-10-20-14-15(19)17(22-12-9-6-3)16(13-18)21-11-8-5-2/h15-19H,4-14H2,1-3H3/t15-,16+,17-/m1/s1. The quantitative estimate of drug-likeness (QED) is 0.428. The number of hydrogen-bond donors (Lipinski definition) is 2. The summed E-state index contributed by atoms with van der Waals surface area (Å²) in [7, 11) is 0. The van der Waals surface area contributed by atoms with Crippen LogP contribution in [0.15, 0.2) is 0 Å². The van der Waals surface area contributed by atoms with Gasteiger partial charge in [-0.15, -0.1) is 0 Å². The van der Waals surface area contributed by atoms with Crippen molar-refractivity contribution in [3.8, 4) is 0 Å². The Hall–Kier alpha value is -0.200. The van der Waals surface area contributed by atoms with Crippen LogP contribution in [0.2, 0.25) is 0 Å². The molecule has 0 aromatic rings. The molecule has 0 saturated heterocycles. The van der Waals surface area contributed by atoms with Crippen LogP contribution >= 0.6 is 0 Å². The first kappa shape index (κ1) is 21.8. The molecule has 0 fully saturated rings. The maximum absolute atomic E-state index is 10.3. The number of aliphatic hydroxyl groups excluding tert-OH is 2. The Labute approximate surface area is 136 Å². The van der Waals surface area contributed by atoms with Gasteiger partial charge in [0.1, 0.15) is 18.3 Å². The van der Waals surface area contributed by atoms with Crippen molar-refractivity contribution in [1.82, 2.24) is 0 Å². The smallest absolute Gasteiger partial charge is 0.114 e. The number of rotatable bonds is 16. The Balaban J connectivity index is 4.40. The zero-order valence-electron chi connectivity index (χ0n) is 14.6.